The van der Waals surface area contributed by atoms with Crippen molar-refractivity contribution in [2.45, 2.75) is 27.7 Å². The molecule has 1 rings (SSSR count). The Morgan fingerprint density at radius 2 is 2.07 bits per heavy atom. The Labute approximate surface area is 86.1 Å². The van der Waals surface area contributed by atoms with Gasteiger partial charge in [0.15, 0.2) is 0 Å². The Balaban J connectivity index is 2.67. The lowest BCUT2D eigenvalue weighted by atomic mass is 9.96. The highest BCUT2D eigenvalue weighted by atomic mass is 16.3. The van der Waals surface area contributed by atoms with Gasteiger partial charge in [0, 0.05) is 0 Å². The third-order valence-electron chi connectivity index (χ3n) is 1.85. The van der Waals surface area contributed by atoms with Crippen LogP contribution in [-0.2, 0) is 0 Å². The molecule has 0 spiro atoms. The van der Waals surface area contributed by atoms with Crippen LogP contribution in [0.15, 0.2) is 41.0 Å². The number of furan rings is 1. The summed E-state index contributed by atoms with van der Waals surface area (Å²) in [7, 11) is 0. The second kappa shape index (κ2) is 4.32. The molecule has 0 saturated carbocycles. The molecule has 14 heavy (non-hydrogen) atoms. The highest BCUT2D eigenvalue weighted by Crippen LogP contribution is 2.17. The van der Waals surface area contributed by atoms with Gasteiger partial charge in [-0.3, -0.25) is 0 Å². The van der Waals surface area contributed by atoms with Gasteiger partial charge in [0.1, 0.15) is 5.76 Å². The van der Waals surface area contributed by atoms with Crippen LogP contribution >= 0.6 is 0 Å². The molecular weight excluding hydrogens is 172 g/mol. The van der Waals surface area contributed by atoms with Gasteiger partial charge in [-0.1, -0.05) is 39.0 Å². The van der Waals surface area contributed by atoms with Crippen molar-refractivity contribution in [2.24, 2.45) is 5.41 Å². The van der Waals surface area contributed by atoms with Crippen LogP contribution in [0.2, 0.25) is 0 Å². The van der Waals surface area contributed by atoms with E-state index in [0.29, 0.717) is 0 Å². The number of hydrogen-bond donors (Lipinski definition) is 0. The summed E-state index contributed by atoms with van der Waals surface area (Å²) in [5.74, 6) is 0.934. The number of rotatable bonds is 2. The molecule has 0 aliphatic rings. The molecule has 0 saturated heterocycles. The largest absolute Gasteiger partial charge is 0.465 e. The van der Waals surface area contributed by atoms with Crippen molar-refractivity contribution in [1.82, 2.24) is 0 Å². The smallest absolute Gasteiger partial charge is 0.129 e. The minimum Gasteiger partial charge on any atom is -0.465 e. The summed E-state index contributed by atoms with van der Waals surface area (Å²) in [6, 6.07) is 3.87. The van der Waals surface area contributed by atoms with Crippen molar-refractivity contribution in [3.05, 3.63) is 42.4 Å². The molecule has 0 N–H and O–H groups in total. The fourth-order valence-electron chi connectivity index (χ4n) is 1.07. The van der Waals surface area contributed by atoms with E-state index >= 15 is 0 Å². The second-order valence-electron chi connectivity index (χ2n) is 4.55. The minimum atomic E-state index is 0.236. The van der Waals surface area contributed by atoms with Gasteiger partial charge in [-0.2, -0.15) is 0 Å². The van der Waals surface area contributed by atoms with Gasteiger partial charge in [0.2, 0.25) is 0 Å². The molecule has 0 aliphatic heterocycles. The molecule has 1 aromatic heterocycles. The molecule has 0 aromatic carbocycles. The Morgan fingerprint density at radius 3 is 2.57 bits per heavy atom. The van der Waals surface area contributed by atoms with Crippen LogP contribution < -0.4 is 0 Å². The first kappa shape index (κ1) is 10.8. The highest BCUT2D eigenvalue weighted by Gasteiger charge is 2.02. The van der Waals surface area contributed by atoms with Crippen LogP contribution in [0, 0.1) is 5.41 Å². The lowest BCUT2D eigenvalue weighted by Crippen LogP contribution is -1.97. The van der Waals surface area contributed by atoms with Crippen LogP contribution in [0.25, 0.3) is 5.57 Å². The Kier molecular flexibility index (Phi) is 3.34. The van der Waals surface area contributed by atoms with E-state index in [1.54, 1.807) is 6.26 Å². The molecule has 0 bridgehead atoms. The molecule has 1 aromatic rings. The molecular formula is C13H18O. The first-order chi connectivity index (χ1) is 6.49. The topological polar surface area (TPSA) is 13.1 Å². The van der Waals surface area contributed by atoms with Gasteiger partial charge in [-0.15, -0.1) is 0 Å². The summed E-state index contributed by atoms with van der Waals surface area (Å²) in [5, 5.41) is 0. The van der Waals surface area contributed by atoms with Gasteiger partial charge in [0.05, 0.1) is 6.26 Å². The standard InChI is InChI=1S/C13H18O/c1-11(12-8-6-10-14-12)7-5-9-13(2,3)4/h5-10H,1-4H3/b9-5+,11-7+. The second-order valence-corrected chi connectivity index (χ2v) is 4.55. The van der Waals surface area contributed by atoms with Crippen molar-refractivity contribution in [3.8, 4) is 0 Å². The van der Waals surface area contributed by atoms with Gasteiger partial charge < -0.3 is 4.42 Å². The first-order valence-electron chi connectivity index (χ1n) is 4.89. The van der Waals surface area contributed by atoms with Crippen LogP contribution in [0.3, 0.4) is 0 Å². The highest BCUT2D eigenvalue weighted by molar-refractivity contribution is 5.60. The maximum atomic E-state index is 5.28. The van der Waals surface area contributed by atoms with Gasteiger partial charge in [0.25, 0.3) is 0 Å². The molecule has 1 heteroatoms. The summed E-state index contributed by atoms with van der Waals surface area (Å²) in [6.07, 6.45) is 8.03. The molecule has 0 fully saturated rings. The summed E-state index contributed by atoms with van der Waals surface area (Å²) in [6.45, 7) is 8.59. The fraction of sp³-hybridized carbons (Fsp3) is 0.385. The zero-order valence-corrected chi connectivity index (χ0v) is 9.37. The van der Waals surface area contributed by atoms with Crippen LogP contribution in [0.4, 0.5) is 0 Å². The van der Waals surface area contributed by atoms with Crippen LogP contribution in [-0.4, -0.2) is 0 Å². The summed E-state index contributed by atoms with van der Waals surface area (Å²) in [4.78, 5) is 0. The monoisotopic (exact) mass is 190 g/mol. The molecule has 1 heterocycles. The normalized spacial score (nSPS) is 13.9. The maximum absolute atomic E-state index is 5.28. The first-order valence-corrected chi connectivity index (χ1v) is 4.89. The van der Waals surface area contributed by atoms with Gasteiger partial charge in [-0.05, 0) is 30.0 Å². The SMILES string of the molecule is C/C(=C\C=C\C(C)(C)C)c1ccco1. The predicted molar refractivity (Wildman–Crippen MR) is 61.0 cm³/mol. The molecule has 76 valence electrons. The zero-order valence-electron chi connectivity index (χ0n) is 9.37. The van der Waals surface area contributed by atoms with Crippen molar-refractivity contribution < 1.29 is 4.42 Å². The third kappa shape index (κ3) is 3.65. The van der Waals surface area contributed by atoms with Crippen molar-refractivity contribution >= 4 is 5.57 Å². The molecule has 0 unspecified atom stereocenters. The summed E-state index contributed by atoms with van der Waals surface area (Å²) < 4.78 is 5.28. The molecule has 0 radical (unpaired) electrons. The lowest BCUT2D eigenvalue weighted by Gasteiger charge is -2.10. The van der Waals surface area contributed by atoms with Crippen molar-refractivity contribution in [1.29, 1.82) is 0 Å². The Bertz CT molecular complexity index is 321. The Hall–Kier alpha value is -1.24. The average Bonchev–Trinajstić information content (AvgIpc) is 2.53. The van der Waals surface area contributed by atoms with E-state index in [4.69, 9.17) is 4.42 Å². The fourth-order valence-corrected chi connectivity index (χ4v) is 1.07. The number of hydrogen-bond acceptors (Lipinski definition) is 1. The van der Waals surface area contributed by atoms with E-state index < -0.39 is 0 Å². The third-order valence-corrected chi connectivity index (χ3v) is 1.85. The van der Waals surface area contributed by atoms with Crippen molar-refractivity contribution in [2.75, 3.05) is 0 Å². The molecule has 0 aliphatic carbocycles. The van der Waals surface area contributed by atoms with Crippen LogP contribution in [0.5, 0.6) is 0 Å². The Morgan fingerprint density at radius 1 is 1.36 bits per heavy atom. The molecule has 0 amide bonds. The summed E-state index contributed by atoms with van der Waals surface area (Å²) in [5.41, 5.74) is 1.38. The molecule has 1 nitrogen and oxygen atoms in total. The lowest BCUT2D eigenvalue weighted by molar-refractivity contribution is 0.544. The van der Waals surface area contributed by atoms with E-state index in [0.717, 1.165) is 11.3 Å². The predicted octanol–water partition coefficient (Wildman–Crippen LogP) is 4.29. The van der Waals surface area contributed by atoms with E-state index in [1.165, 1.54) is 0 Å². The van der Waals surface area contributed by atoms with Crippen LogP contribution in [0.1, 0.15) is 33.5 Å². The van der Waals surface area contributed by atoms with E-state index in [9.17, 15) is 0 Å². The van der Waals surface area contributed by atoms with E-state index in [-0.39, 0.29) is 5.41 Å². The molecule has 0 atom stereocenters. The zero-order chi connectivity index (χ0) is 10.6. The maximum Gasteiger partial charge on any atom is 0.129 e. The van der Waals surface area contributed by atoms with Gasteiger partial charge in [-0.25, -0.2) is 0 Å². The minimum absolute atomic E-state index is 0.236. The van der Waals surface area contributed by atoms with Crippen molar-refractivity contribution in [3.63, 3.8) is 0 Å². The summed E-state index contributed by atoms with van der Waals surface area (Å²) >= 11 is 0. The van der Waals surface area contributed by atoms with E-state index in [2.05, 4.69) is 39.0 Å². The quantitative estimate of drug-likeness (QED) is 0.634. The van der Waals surface area contributed by atoms with E-state index in [1.807, 2.05) is 19.1 Å². The number of allylic oxidation sites excluding steroid dienone is 4. The average molecular weight is 190 g/mol. The van der Waals surface area contributed by atoms with Gasteiger partial charge >= 0.3 is 0 Å².